The minimum absolute atomic E-state index is 0.00933. The summed E-state index contributed by atoms with van der Waals surface area (Å²) < 4.78 is 0. The van der Waals surface area contributed by atoms with E-state index < -0.39 is 6.10 Å². The number of fused-ring (bicyclic) bond motifs is 1. The van der Waals surface area contributed by atoms with Crippen molar-refractivity contribution in [3.63, 3.8) is 0 Å². The summed E-state index contributed by atoms with van der Waals surface area (Å²) in [5, 5.41) is 19.8. The molecule has 4 heteroatoms. The zero-order valence-corrected chi connectivity index (χ0v) is 9.15. The van der Waals surface area contributed by atoms with Crippen LogP contribution in [-0.2, 0) is 0 Å². The molecule has 0 bridgehead atoms. The number of nitrogens with zero attached hydrogens (tertiary/aromatic N) is 2. The summed E-state index contributed by atoms with van der Waals surface area (Å²) in [5.74, 6) is 0. The van der Waals surface area contributed by atoms with E-state index >= 15 is 0 Å². The van der Waals surface area contributed by atoms with Crippen LogP contribution in [0, 0.1) is 11.3 Å². The molecule has 16 heavy (non-hydrogen) atoms. The standard InChI is InChI=1S/C12H9ClN2O/c13-9-4-3-8-2-1-7-15-12(8)11(9)10(16)5-6-14/h1-4,7,10,16H,5H2. The van der Waals surface area contributed by atoms with E-state index in [1.807, 2.05) is 24.3 Å². The third-order valence-corrected chi connectivity index (χ3v) is 2.71. The second-order valence-corrected chi connectivity index (χ2v) is 3.82. The van der Waals surface area contributed by atoms with Gasteiger partial charge in [0.05, 0.1) is 24.1 Å². The fourth-order valence-electron chi connectivity index (χ4n) is 1.65. The summed E-state index contributed by atoms with van der Waals surface area (Å²) in [7, 11) is 0. The average molecular weight is 233 g/mol. The second kappa shape index (κ2) is 4.48. The van der Waals surface area contributed by atoms with Gasteiger partial charge in [-0.05, 0) is 12.1 Å². The third-order valence-electron chi connectivity index (χ3n) is 2.38. The van der Waals surface area contributed by atoms with Crippen LogP contribution in [-0.4, -0.2) is 10.1 Å². The van der Waals surface area contributed by atoms with Crippen molar-refractivity contribution in [1.29, 1.82) is 5.26 Å². The molecule has 0 saturated heterocycles. The Hall–Kier alpha value is -1.63. The van der Waals surface area contributed by atoms with Crippen LogP contribution in [0.4, 0.5) is 0 Å². The number of aliphatic hydroxyl groups excluding tert-OH is 1. The van der Waals surface area contributed by atoms with Crippen LogP contribution in [0.25, 0.3) is 10.9 Å². The van der Waals surface area contributed by atoms with E-state index in [1.165, 1.54) is 0 Å². The van der Waals surface area contributed by atoms with Gasteiger partial charge in [0.25, 0.3) is 0 Å². The molecule has 0 aliphatic heterocycles. The molecule has 1 aromatic heterocycles. The fourth-order valence-corrected chi connectivity index (χ4v) is 1.93. The molecule has 2 aromatic rings. The van der Waals surface area contributed by atoms with E-state index in [1.54, 1.807) is 12.3 Å². The molecular weight excluding hydrogens is 224 g/mol. The molecule has 2 rings (SSSR count). The Balaban J connectivity index is 2.66. The average Bonchev–Trinajstić information content (AvgIpc) is 2.29. The topological polar surface area (TPSA) is 56.9 Å². The molecule has 0 spiro atoms. The maximum Gasteiger partial charge on any atom is 0.0955 e. The Morgan fingerprint density at radius 1 is 1.44 bits per heavy atom. The van der Waals surface area contributed by atoms with Crippen LogP contribution >= 0.6 is 11.6 Å². The fraction of sp³-hybridized carbons (Fsp3) is 0.167. The first kappa shape index (κ1) is 10.9. The first-order valence-corrected chi connectivity index (χ1v) is 5.20. The van der Waals surface area contributed by atoms with Gasteiger partial charge in [0.2, 0.25) is 0 Å². The van der Waals surface area contributed by atoms with Crippen molar-refractivity contribution in [1.82, 2.24) is 4.98 Å². The first-order chi connectivity index (χ1) is 7.74. The van der Waals surface area contributed by atoms with E-state index in [2.05, 4.69) is 4.98 Å². The number of pyridine rings is 1. The normalized spacial score (nSPS) is 12.3. The highest BCUT2D eigenvalue weighted by atomic mass is 35.5. The van der Waals surface area contributed by atoms with E-state index in [0.29, 0.717) is 16.1 Å². The lowest BCUT2D eigenvalue weighted by atomic mass is 10.0. The minimum atomic E-state index is -0.893. The van der Waals surface area contributed by atoms with Crippen LogP contribution in [0.15, 0.2) is 30.5 Å². The summed E-state index contributed by atoms with van der Waals surface area (Å²) in [4.78, 5) is 4.19. The van der Waals surface area contributed by atoms with Gasteiger partial charge in [-0.1, -0.05) is 23.7 Å². The van der Waals surface area contributed by atoms with Crippen molar-refractivity contribution in [2.45, 2.75) is 12.5 Å². The van der Waals surface area contributed by atoms with Crippen molar-refractivity contribution in [3.8, 4) is 6.07 Å². The lowest BCUT2D eigenvalue weighted by Crippen LogP contribution is -1.99. The predicted octanol–water partition coefficient (Wildman–Crippen LogP) is 2.84. The number of nitriles is 1. The summed E-state index contributed by atoms with van der Waals surface area (Å²) in [6, 6.07) is 9.18. The van der Waals surface area contributed by atoms with Crippen molar-refractivity contribution < 1.29 is 5.11 Å². The van der Waals surface area contributed by atoms with Gasteiger partial charge in [-0.3, -0.25) is 4.98 Å². The lowest BCUT2D eigenvalue weighted by molar-refractivity contribution is 0.185. The molecule has 1 aromatic carbocycles. The number of halogens is 1. The summed E-state index contributed by atoms with van der Waals surface area (Å²) in [6.07, 6.45) is 0.757. The molecule has 1 heterocycles. The quantitative estimate of drug-likeness (QED) is 0.866. The van der Waals surface area contributed by atoms with Crippen LogP contribution in [0.3, 0.4) is 0 Å². The molecule has 0 radical (unpaired) electrons. The van der Waals surface area contributed by atoms with Crippen molar-refractivity contribution in [2.24, 2.45) is 0 Å². The first-order valence-electron chi connectivity index (χ1n) is 4.82. The van der Waals surface area contributed by atoms with Gasteiger partial charge in [0.1, 0.15) is 0 Å². The van der Waals surface area contributed by atoms with E-state index in [4.69, 9.17) is 16.9 Å². The van der Waals surface area contributed by atoms with Gasteiger partial charge in [0.15, 0.2) is 0 Å². The molecule has 1 unspecified atom stereocenters. The minimum Gasteiger partial charge on any atom is -0.387 e. The molecule has 0 aliphatic rings. The highest BCUT2D eigenvalue weighted by Gasteiger charge is 2.15. The molecule has 1 N–H and O–H groups in total. The second-order valence-electron chi connectivity index (χ2n) is 3.41. The Bertz CT molecular complexity index is 562. The number of rotatable bonds is 2. The Morgan fingerprint density at radius 3 is 3.00 bits per heavy atom. The van der Waals surface area contributed by atoms with Crippen LogP contribution in [0.1, 0.15) is 18.1 Å². The Labute approximate surface area is 97.9 Å². The van der Waals surface area contributed by atoms with Crippen molar-refractivity contribution >= 4 is 22.5 Å². The molecule has 0 saturated carbocycles. The lowest BCUT2D eigenvalue weighted by Gasteiger charge is -2.11. The maximum atomic E-state index is 9.85. The Kier molecular flexibility index (Phi) is 3.04. The highest BCUT2D eigenvalue weighted by molar-refractivity contribution is 6.32. The van der Waals surface area contributed by atoms with Gasteiger partial charge in [-0.2, -0.15) is 5.26 Å². The van der Waals surface area contributed by atoms with Crippen LogP contribution < -0.4 is 0 Å². The summed E-state index contributed by atoms with van der Waals surface area (Å²) in [6.45, 7) is 0. The third kappa shape index (κ3) is 1.85. The SMILES string of the molecule is N#CCC(O)c1c(Cl)ccc2cccnc12. The number of benzene rings is 1. The van der Waals surface area contributed by atoms with Gasteiger partial charge in [0, 0.05) is 22.2 Å². The van der Waals surface area contributed by atoms with Crippen LogP contribution in [0.5, 0.6) is 0 Å². The van der Waals surface area contributed by atoms with E-state index in [9.17, 15) is 5.11 Å². The van der Waals surface area contributed by atoms with Gasteiger partial charge >= 0.3 is 0 Å². The number of hydrogen-bond donors (Lipinski definition) is 1. The van der Waals surface area contributed by atoms with Gasteiger partial charge in [-0.25, -0.2) is 0 Å². The zero-order chi connectivity index (χ0) is 11.5. The Morgan fingerprint density at radius 2 is 2.25 bits per heavy atom. The molecule has 80 valence electrons. The highest BCUT2D eigenvalue weighted by Crippen LogP contribution is 2.31. The molecule has 0 aliphatic carbocycles. The summed E-state index contributed by atoms with van der Waals surface area (Å²) in [5.41, 5.74) is 1.18. The molecule has 3 nitrogen and oxygen atoms in total. The molecule has 0 amide bonds. The van der Waals surface area contributed by atoms with Gasteiger partial charge in [-0.15, -0.1) is 0 Å². The van der Waals surface area contributed by atoms with Gasteiger partial charge < -0.3 is 5.11 Å². The van der Waals surface area contributed by atoms with E-state index in [-0.39, 0.29) is 6.42 Å². The van der Waals surface area contributed by atoms with E-state index in [0.717, 1.165) is 5.39 Å². The van der Waals surface area contributed by atoms with Crippen LogP contribution in [0.2, 0.25) is 5.02 Å². The summed E-state index contributed by atoms with van der Waals surface area (Å²) >= 11 is 6.02. The maximum absolute atomic E-state index is 9.85. The zero-order valence-electron chi connectivity index (χ0n) is 8.39. The molecule has 1 atom stereocenters. The largest absolute Gasteiger partial charge is 0.387 e. The molecule has 0 fully saturated rings. The van der Waals surface area contributed by atoms with Crippen molar-refractivity contribution in [3.05, 3.63) is 41.0 Å². The van der Waals surface area contributed by atoms with Crippen molar-refractivity contribution in [2.75, 3.05) is 0 Å². The number of aromatic nitrogens is 1. The smallest absolute Gasteiger partial charge is 0.0955 e. The number of hydrogen-bond acceptors (Lipinski definition) is 3. The molecular formula is C12H9ClN2O. The monoisotopic (exact) mass is 232 g/mol. The predicted molar refractivity (Wildman–Crippen MR) is 61.9 cm³/mol. The number of aliphatic hydroxyl groups is 1.